The van der Waals surface area contributed by atoms with Crippen molar-refractivity contribution < 1.29 is 4.79 Å². The lowest BCUT2D eigenvalue weighted by atomic mass is 9.90. The van der Waals surface area contributed by atoms with Crippen LogP contribution >= 0.6 is 0 Å². The summed E-state index contributed by atoms with van der Waals surface area (Å²) in [5, 5.41) is 0. The van der Waals surface area contributed by atoms with Gasteiger partial charge >= 0.3 is 0 Å². The van der Waals surface area contributed by atoms with Gasteiger partial charge in [-0.1, -0.05) is 20.8 Å². The van der Waals surface area contributed by atoms with Gasteiger partial charge in [0.25, 0.3) is 0 Å². The molecule has 86 valence electrons. The maximum absolute atomic E-state index is 11.3. The van der Waals surface area contributed by atoms with E-state index in [1.807, 2.05) is 11.1 Å². The molecule has 3 nitrogen and oxygen atoms in total. The highest BCUT2D eigenvalue weighted by molar-refractivity contribution is 5.74. The molecule has 0 saturated heterocycles. The van der Waals surface area contributed by atoms with E-state index in [9.17, 15) is 4.79 Å². The molecule has 1 aromatic rings. The van der Waals surface area contributed by atoms with Crippen LogP contribution in [-0.2, 0) is 23.3 Å². The molecule has 1 amide bonds. The molecule has 1 aromatic heterocycles. The molecule has 0 aliphatic carbocycles. The summed E-state index contributed by atoms with van der Waals surface area (Å²) in [5.74, 6) is 0.133. The van der Waals surface area contributed by atoms with Crippen molar-refractivity contribution >= 4 is 5.91 Å². The van der Waals surface area contributed by atoms with E-state index in [0.717, 1.165) is 12.2 Å². The van der Waals surface area contributed by atoms with Crippen molar-refractivity contribution in [2.24, 2.45) is 0 Å². The van der Waals surface area contributed by atoms with Crippen LogP contribution in [0.1, 0.15) is 44.5 Å². The molecule has 1 aliphatic heterocycles. The molecule has 16 heavy (non-hydrogen) atoms. The lowest BCUT2D eigenvalue weighted by Gasteiger charge is -2.18. The monoisotopic (exact) mass is 218 g/mol. The quantitative estimate of drug-likeness (QED) is 0.669. The normalized spacial score (nSPS) is 15.1. The van der Waals surface area contributed by atoms with Crippen LogP contribution in [0.4, 0.5) is 0 Å². The maximum Gasteiger partial charge on any atom is 0.220 e. The summed E-state index contributed by atoms with van der Waals surface area (Å²) < 4.78 is 0. The molecule has 0 aromatic carbocycles. The number of pyridine rings is 1. The molecule has 0 fully saturated rings. The number of carbonyl (C=O) groups excluding carboxylic acids is 1. The first-order valence-electron chi connectivity index (χ1n) is 5.62. The minimum atomic E-state index is 0.0681. The molecule has 0 radical (unpaired) electrons. The fourth-order valence-electron chi connectivity index (χ4n) is 1.91. The molecule has 0 unspecified atom stereocenters. The van der Waals surface area contributed by atoms with Gasteiger partial charge in [-0.25, -0.2) is 0 Å². The topological polar surface area (TPSA) is 33.2 Å². The Kier molecular flexibility index (Phi) is 2.49. The zero-order chi connectivity index (χ0) is 11.9. The number of aromatic nitrogens is 1. The molecule has 2 heterocycles. The van der Waals surface area contributed by atoms with Gasteiger partial charge in [0.05, 0.1) is 0 Å². The van der Waals surface area contributed by atoms with Crippen molar-refractivity contribution in [2.75, 3.05) is 0 Å². The SMILES string of the molecule is CC(=O)N1Cc2cnc(C(C)(C)C)cc2C1. The third-order valence-electron chi connectivity index (χ3n) is 3.02. The summed E-state index contributed by atoms with van der Waals surface area (Å²) in [4.78, 5) is 17.6. The highest BCUT2D eigenvalue weighted by atomic mass is 16.2. The average Bonchev–Trinajstić information content (AvgIpc) is 2.58. The first-order valence-corrected chi connectivity index (χ1v) is 5.62. The van der Waals surface area contributed by atoms with Crippen molar-refractivity contribution in [1.29, 1.82) is 0 Å². The molecule has 0 saturated carbocycles. The van der Waals surface area contributed by atoms with Gasteiger partial charge in [-0.05, 0) is 17.2 Å². The van der Waals surface area contributed by atoms with Crippen LogP contribution < -0.4 is 0 Å². The van der Waals surface area contributed by atoms with E-state index < -0.39 is 0 Å². The third kappa shape index (κ3) is 1.94. The molecule has 3 heteroatoms. The van der Waals surface area contributed by atoms with Crippen LogP contribution in [0.25, 0.3) is 0 Å². The zero-order valence-electron chi connectivity index (χ0n) is 10.4. The van der Waals surface area contributed by atoms with E-state index in [1.54, 1.807) is 6.92 Å². The Morgan fingerprint density at radius 2 is 1.94 bits per heavy atom. The van der Waals surface area contributed by atoms with Gasteiger partial charge in [-0.2, -0.15) is 0 Å². The predicted molar refractivity (Wildman–Crippen MR) is 62.9 cm³/mol. The standard InChI is InChI=1S/C13H18N2O/c1-9(16)15-7-10-5-12(13(2,3)4)14-6-11(10)8-15/h5-6H,7-8H2,1-4H3. The van der Waals surface area contributed by atoms with Crippen molar-refractivity contribution in [3.8, 4) is 0 Å². The molecular formula is C13H18N2O. The fourth-order valence-corrected chi connectivity index (χ4v) is 1.91. The van der Waals surface area contributed by atoms with Gasteiger partial charge < -0.3 is 4.90 Å². The lowest BCUT2D eigenvalue weighted by Crippen LogP contribution is -2.21. The van der Waals surface area contributed by atoms with E-state index in [-0.39, 0.29) is 11.3 Å². The second-order valence-electron chi connectivity index (χ2n) is 5.46. The number of hydrogen-bond acceptors (Lipinski definition) is 2. The van der Waals surface area contributed by atoms with Crippen LogP contribution in [0.5, 0.6) is 0 Å². The van der Waals surface area contributed by atoms with Gasteiger partial charge in [0.1, 0.15) is 0 Å². The molecule has 0 spiro atoms. The first kappa shape index (κ1) is 11.1. The average molecular weight is 218 g/mol. The Hall–Kier alpha value is -1.38. The van der Waals surface area contributed by atoms with Crippen LogP contribution in [0, 0.1) is 0 Å². The third-order valence-corrected chi connectivity index (χ3v) is 3.02. The lowest BCUT2D eigenvalue weighted by molar-refractivity contribution is -0.129. The van der Waals surface area contributed by atoms with E-state index >= 15 is 0 Å². The largest absolute Gasteiger partial charge is 0.334 e. The van der Waals surface area contributed by atoms with Gasteiger partial charge in [0.15, 0.2) is 0 Å². The number of fused-ring (bicyclic) bond motifs is 1. The van der Waals surface area contributed by atoms with Crippen LogP contribution in [-0.4, -0.2) is 15.8 Å². The van der Waals surface area contributed by atoms with E-state index in [1.165, 1.54) is 11.1 Å². The van der Waals surface area contributed by atoms with E-state index in [4.69, 9.17) is 0 Å². The molecule has 1 aliphatic rings. The predicted octanol–water partition coefficient (Wildman–Crippen LogP) is 2.24. The number of amides is 1. The highest BCUT2D eigenvalue weighted by Crippen LogP contribution is 2.27. The van der Waals surface area contributed by atoms with Gasteiger partial charge in [0.2, 0.25) is 5.91 Å². The number of carbonyl (C=O) groups is 1. The summed E-state index contributed by atoms with van der Waals surface area (Å²) in [6.45, 7) is 9.51. The van der Waals surface area contributed by atoms with E-state index in [0.29, 0.717) is 6.54 Å². The Bertz CT molecular complexity index is 432. The van der Waals surface area contributed by atoms with Gasteiger partial charge in [-0.3, -0.25) is 9.78 Å². The summed E-state index contributed by atoms with van der Waals surface area (Å²) in [6, 6.07) is 2.14. The van der Waals surface area contributed by atoms with Crippen LogP contribution in [0.2, 0.25) is 0 Å². The second kappa shape index (κ2) is 3.58. The van der Waals surface area contributed by atoms with Crippen molar-refractivity contribution in [2.45, 2.75) is 46.2 Å². The van der Waals surface area contributed by atoms with Crippen LogP contribution in [0.3, 0.4) is 0 Å². The number of hydrogen-bond donors (Lipinski definition) is 0. The second-order valence-corrected chi connectivity index (χ2v) is 5.46. The molecule has 0 N–H and O–H groups in total. The summed E-state index contributed by atoms with van der Waals surface area (Å²) in [5.41, 5.74) is 3.59. The first-order chi connectivity index (χ1) is 7.38. The highest BCUT2D eigenvalue weighted by Gasteiger charge is 2.24. The molecule has 0 bridgehead atoms. The van der Waals surface area contributed by atoms with Gasteiger partial charge in [-0.15, -0.1) is 0 Å². The molecular weight excluding hydrogens is 200 g/mol. The minimum absolute atomic E-state index is 0.0681. The van der Waals surface area contributed by atoms with Crippen molar-refractivity contribution in [3.05, 3.63) is 29.1 Å². The zero-order valence-corrected chi connectivity index (χ0v) is 10.4. The van der Waals surface area contributed by atoms with Gasteiger partial charge in [0, 0.05) is 37.3 Å². The number of rotatable bonds is 0. The summed E-state index contributed by atoms with van der Waals surface area (Å²) in [7, 11) is 0. The number of nitrogens with zero attached hydrogens (tertiary/aromatic N) is 2. The summed E-state index contributed by atoms with van der Waals surface area (Å²) in [6.07, 6.45) is 1.92. The Morgan fingerprint density at radius 1 is 1.31 bits per heavy atom. The van der Waals surface area contributed by atoms with Crippen molar-refractivity contribution in [1.82, 2.24) is 9.88 Å². The molecule has 0 atom stereocenters. The fraction of sp³-hybridized carbons (Fsp3) is 0.538. The maximum atomic E-state index is 11.3. The Morgan fingerprint density at radius 3 is 2.50 bits per heavy atom. The van der Waals surface area contributed by atoms with E-state index in [2.05, 4.69) is 31.8 Å². The molecule has 2 rings (SSSR count). The Balaban J connectivity index is 2.31. The smallest absolute Gasteiger partial charge is 0.220 e. The van der Waals surface area contributed by atoms with Crippen molar-refractivity contribution in [3.63, 3.8) is 0 Å². The van der Waals surface area contributed by atoms with Crippen LogP contribution in [0.15, 0.2) is 12.3 Å². The Labute approximate surface area is 96.5 Å². The summed E-state index contributed by atoms with van der Waals surface area (Å²) >= 11 is 0. The minimum Gasteiger partial charge on any atom is -0.334 e.